The lowest BCUT2D eigenvalue weighted by atomic mass is 9.97. The molecule has 4 aromatic rings. The quantitative estimate of drug-likeness (QED) is 0.197. The van der Waals surface area contributed by atoms with Crippen LogP contribution in [0, 0.1) is 0 Å². The summed E-state index contributed by atoms with van der Waals surface area (Å²) >= 11 is 0. The smallest absolute Gasteiger partial charge is 0.333 e. The molecule has 1 aliphatic rings. The molecule has 0 radical (unpaired) electrons. The third-order valence-corrected chi connectivity index (χ3v) is 7.31. The highest BCUT2D eigenvalue weighted by atomic mass is 35.5. The largest absolute Gasteiger partial charge is 0.416 e. The molecule has 0 N–H and O–H groups in total. The number of pyridine rings is 1. The number of alkyl halides is 6. The fourth-order valence-electron chi connectivity index (χ4n) is 5.22. The highest BCUT2D eigenvalue weighted by molar-refractivity contribution is 5.95. The second kappa shape index (κ2) is 14.5. The Morgan fingerprint density at radius 1 is 0.841 bits per heavy atom. The molecule has 1 saturated heterocycles. The van der Waals surface area contributed by atoms with Gasteiger partial charge in [0.1, 0.15) is 0 Å². The molecule has 0 saturated carbocycles. The molecular formula is C32H29Cl2F6N3O. The van der Waals surface area contributed by atoms with Crippen molar-refractivity contribution in [3.63, 3.8) is 0 Å². The predicted molar refractivity (Wildman–Crippen MR) is 163 cm³/mol. The maximum absolute atomic E-state index is 13.6. The van der Waals surface area contributed by atoms with Gasteiger partial charge in [0.25, 0.3) is 5.91 Å². The molecule has 2 heterocycles. The Hall–Kier alpha value is -3.60. The zero-order valence-corrected chi connectivity index (χ0v) is 24.8. The van der Waals surface area contributed by atoms with E-state index in [1.807, 2.05) is 66.7 Å². The monoisotopic (exact) mass is 655 g/mol. The summed E-state index contributed by atoms with van der Waals surface area (Å²) in [4.78, 5) is 21.2. The topological polar surface area (TPSA) is 36.4 Å². The molecule has 1 fully saturated rings. The Bertz CT molecular complexity index is 1560. The van der Waals surface area contributed by atoms with Crippen molar-refractivity contribution in [3.05, 3.63) is 119 Å². The van der Waals surface area contributed by atoms with E-state index in [1.165, 1.54) is 4.90 Å². The average molecular weight is 656 g/mol. The zero-order valence-electron chi connectivity index (χ0n) is 23.2. The SMILES string of the molecule is Cl.Cl.O=C(c1cc(C(F)(F)F)cc(C(F)(F)F)c1)N1CCN(C/C=C\c2cccnc2)C[C@H]1Cc1ccc2ccccc2c1. The minimum Gasteiger partial charge on any atom is -0.333 e. The van der Waals surface area contributed by atoms with Crippen LogP contribution >= 0.6 is 24.8 Å². The molecule has 1 aliphatic heterocycles. The number of amides is 1. The van der Waals surface area contributed by atoms with Crippen molar-refractivity contribution >= 4 is 47.6 Å². The Labute approximate surface area is 263 Å². The number of piperazine rings is 1. The van der Waals surface area contributed by atoms with E-state index in [2.05, 4.69) is 9.88 Å². The van der Waals surface area contributed by atoms with Crippen LogP contribution in [0.1, 0.15) is 32.6 Å². The third kappa shape index (κ3) is 8.52. The molecular weight excluding hydrogens is 627 g/mol. The first-order valence-electron chi connectivity index (χ1n) is 13.3. The van der Waals surface area contributed by atoms with E-state index in [0.717, 1.165) is 21.9 Å². The number of nitrogens with zero attached hydrogens (tertiary/aromatic N) is 3. The van der Waals surface area contributed by atoms with Crippen molar-refractivity contribution in [2.24, 2.45) is 0 Å². The van der Waals surface area contributed by atoms with Crippen LogP contribution in [0.4, 0.5) is 26.3 Å². The van der Waals surface area contributed by atoms with Crippen molar-refractivity contribution in [1.82, 2.24) is 14.8 Å². The van der Waals surface area contributed by atoms with E-state index in [-0.39, 0.29) is 37.4 Å². The number of rotatable bonds is 6. The molecule has 44 heavy (non-hydrogen) atoms. The van der Waals surface area contributed by atoms with Crippen molar-refractivity contribution in [2.45, 2.75) is 24.8 Å². The van der Waals surface area contributed by atoms with Crippen LogP contribution in [-0.2, 0) is 18.8 Å². The second-order valence-corrected chi connectivity index (χ2v) is 10.3. The molecule has 4 nitrogen and oxygen atoms in total. The van der Waals surface area contributed by atoms with Crippen LogP contribution in [0.5, 0.6) is 0 Å². The Morgan fingerprint density at radius 3 is 2.16 bits per heavy atom. The van der Waals surface area contributed by atoms with E-state index in [0.29, 0.717) is 38.2 Å². The molecule has 1 atom stereocenters. The molecule has 0 bridgehead atoms. The van der Waals surface area contributed by atoms with E-state index in [1.54, 1.807) is 12.4 Å². The van der Waals surface area contributed by atoms with Crippen LogP contribution in [0.25, 0.3) is 16.8 Å². The first-order chi connectivity index (χ1) is 20.0. The summed E-state index contributed by atoms with van der Waals surface area (Å²) in [5.41, 5.74) is -1.82. The molecule has 5 rings (SSSR count). The zero-order chi connectivity index (χ0) is 29.9. The van der Waals surface area contributed by atoms with Crippen molar-refractivity contribution in [2.75, 3.05) is 26.2 Å². The summed E-state index contributed by atoms with van der Waals surface area (Å²) in [6.45, 7) is 1.49. The molecule has 12 heteroatoms. The number of fused-ring (bicyclic) bond motifs is 1. The van der Waals surface area contributed by atoms with Gasteiger partial charge in [0.2, 0.25) is 0 Å². The Kier molecular flexibility index (Phi) is 11.5. The van der Waals surface area contributed by atoms with Gasteiger partial charge in [-0.05, 0) is 52.6 Å². The fraction of sp³-hybridized carbons (Fsp3) is 0.250. The van der Waals surface area contributed by atoms with E-state index < -0.39 is 41.0 Å². The fourth-order valence-corrected chi connectivity index (χ4v) is 5.22. The van der Waals surface area contributed by atoms with Crippen LogP contribution in [0.2, 0.25) is 0 Å². The van der Waals surface area contributed by atoms with Gasteiger partial charge < -0.3 is 4.90 Å². The van der Waals surface area contributed by atoms with Gasteiger partial charge >= 0.3 is 12.4 Å². The number of halogens is 8. The molecule has 0 unspecified atom stereocenters. The van der Waals surface area contributed by atoms with Gasteiger partial charge in [0.05, 0.1) is 11.1 Å². The number of hydrogen-bond acceptors (Lipinski definition) is 3. The number of benzene rings is 3. The lowest BCUT2D eigenvalue weighted by molar-refractivity contribution is -0.143. The summed E-state index contributed by atoms with van der Waals surface area (Å²) in [5, 5.41) is 2.02. The van der Waals surface area contributed by atoms with E-state index in [4.69, 9.17) is 0 Å². The molecule has 1 amide bonds. The molecule has 1 aromatic heterocycles. The lowest BCUT2D eigenvalue weighted by Gasteiger charge is -2.41. The summed E-state index contributed by atoms with van der Waals surface area (Å²) in [7, 11) is 0. The summed E-state index contributed by atoms with van der Waals surface area (Å²) in [5.74, 6) is -0.858. The molecule has 0 spiro atoms. The number of carbonyl (C=O) groups is 1. The van der Waals surface area contributed by atoms with Crippen molar-refractivity contribution in [3.8, 4) is 0 Å². The van der Waals surface area contributed by atoms with E-state index >= 15 is 0 Å². The minimum atomic E-state index is -5.04. The third-order valence-electron chi connectivity index (χ3n) is 7.31. The average Bonchev–Trinajstić information content (AvgIpc) is 2.96. The van der Waals surface area contributed by atoms with Gasteiger partial charge in [-0.25, -0.2) is 0 Å². The van der Waals surface area contributed by atoms with Crippen LogP contribution in [0.15, 0.2) is 91.3 Å². The first-order valence-corrected chi connectivity index (χ1v) is 13.3. The summed E-state index contributed by atoms with van der Waals surface area (Å²) in [6.07, 6.45) is -2.42. The number of hydrogen-bond donors (Lipinski definition) is 0. The Morgan fingerprint density at radius 2 is 1.52 bits per heavy atom. The summed E-state index contributed by atoms with van der Waals surface area (Å²) < 4.78 is 81.1. The highest BCUT2D eigenvalue weighted by Gasteiger charge is 2.39. The lowest BCUT2D eigenvalue weighted by Crippen LogP contribution is -2.56. The number of carbonyl (C=O) groups excluding carboxylic acids is 1. The molecule has 3 aromatic carbocycles. The second-order valence-electron chi connectivity index (χ2n) is 10.3. The van der Waals surface area contributed by atoms with Crippen LogP contribution in [-0.4, -0.2) is 52.9 Å². The normalized spacial score (nSPS) is 16.0. The first kappa shape index (κ1) is 34.9. The van der Waals surface area contributed by atoms with Gasteiger partial charge in [0, 0.05) is 50.2 Å². The Balaban J connectivity index is 0.00000264. The maximum atomic E-state index is 13.6. The van der Waals surface area contributed by atoms with Crippen LogP contribution < -0.4 is 0 Å². The predicted octanol–water partition coefficient (Wildman–Crippen LogP) is 8.20. The van der Waals surface area contributed by atoms with Gasteiger partial charge in [-0.3, -0.25) is 14.7 Å². The van der Waals surface area contributed by atoms with Gasteiger partial charge in [0.15, 0.2) is 0 Å². The van der Waals surface area contributed by atoms with Gasteiger partial charge in [-0.1, -0.05) is 60.7 Å². The van der Waals surface area contributed by atoms with Crippen molar-refractivity contribution in [1.29, 1.82) is 0 Å². The molecule has 234 valence electrons. The molecule has 0 aliphatic carbocycles. The minimum absolute atomic E-state index is 0. The maximum Gasteiger partial charge on any atom is 0.416 e. The summed E-state index contributed by atoms with van der Waals surface area (Å²) in [6, 6.07) is 17.9. The van der Waals surface area contributed by atoms with E-state index in [9.17, 15) is 31.1 Å². The van der Waals surface area contributed by atoms with Gasteiger partial charge in [-0.2, -0.15) is 26.3 Å². The van der Waals surface area contributed by atoms with Gasteiger partial charge in [-0.15, -0.1) is 24.8 Å². The van der Waals surface area contributed by atoms with Crippen LogP contribution in [0.3, 0.4) is 0 Å². The number of aromatic nitrogens is 1. The highest BCUT2D eigenvalue weighted by Crippen LogP contribution is 2.37. The van der Waals surface area contributed by atoms with Crippen molar-refractivity contribution < 1.29 is 31.1 Å². The standard InChI is InChI=1S/C32H27F6N3O.2ClH/c33-31(34,35)27-17-26(18-28(19-27)32(36,37)38)30(42)41-14-13-40(12-4-6-22-5-3-11-39-20-22)21-29(41)16-23-9-10-24-7-1-2-8-25(24)15-23;;/h1-11,15,17-20,29H,12-14,16,21H2;2*1H/b6-4-;;/t29-;;/m1../s1.